The molecule has 0 fully saturated rings. The van der Waals surface area contributed by atoms with Gasteiger partial charge in [-0.05, 0) is 25.0 Å². The summed E-state index contributed by atoms with van der Waals surface area (Å²) in [4.78, 5) is 8.41. The Kier molecular flexibility index (Phi) is 9.49. The molecule has 0 aliphatic heterocycles. The zero-order chi connectivity index (χ0) is 14.1. The zero-order valence-electron chi connectivity index (χ0n) is 12.2. The highest BCUT2D eigenvalue weighted by atomic mass is 127. The highest BCUT2D eigenvalue weighted by Gasteiger charge is 2.21. The third kappa shape index (κ3) is 7.04. The molecule has 0 radical (unpaired) electrons. The number of guanidine groups is 1. The summed E-state index contributed by atoms with van der Waals surface area (Å²) in [7, 11) is 0. The van der Waals surface area contributed by atoms with Gasteiger partial charge in [-0.3, -0.25) is 9.98 Å². The van der Waals surface area contributed by atoms with Crippen LogP contribution < -0.4 is 11.1 Å². The standard InChI is InChI=1S/C14H24N4O.HI/c1-3-14(19,4-2)11-18-13(15)17-10-8-12-7-5-6-9-16-12;/h5-7,9,19H,3-4,8,10-11H2,1-2H3,(H3,15,17,18);1H. The van der Waals surface area contributed by atoms with Gasteiger partial charge in [0, 0.05) is 24.9 Å². The fraction of sp³-hybridized carbons (Fsp3) is 0.571. The van der Waals surface area contributed by atoms with Crippen molar-refractivity contribution in [3.05, 3.63) is 30.1 Å². The minimum atomic E-state index is -0.743. The molecule has 0 amide bonds. The number of aliphatic hydroxyl groups is 1. The number of aromatic nitrogens is 1. The second-order valence-electron chi connectivity index (χ2n) is 4.63. The minimum Gasteiger partial charge on any atom is -0.388 e. The molecule has 0 unspecified atom stereocenters. The molecule has 1 aromatic rings. The highest BCUT2D eigenvalue weighted by molar-refractivity contribution is 14.0. The second kappa shape index (κ2) is 9.93. The molecule has 1 rings (SSSR count). The highest BCUT2D eigenvalue weighted by Crippen LogP contribution is 2.14. The van der Waals surface area contributed by atoms with Crippen LogP contribution in [0.25, 0.3) is 0 Å². The average Bonchev–Trinajstić information content (AvgIpc) is 2.46. The first-order chi connectivity index (χ1) is 9.09. The molecular formula is C14H25IN4O. The molecule has 0 aliphatic carbocycles. The van der Waals surface area contributed by atoms with E-state index in [-0.39, 0.29) is 24.0 Å². The summed E-state index contributed by atoms with van der Waals surface area (Å²) in [5.74, 6) is 0.372. The van der Waals surface area contributed by atoms with Gasteiger partial charge >= 0.3 is 0 Å². The third-order valence-electron chi connectivity index (χ3n) is 3.27. The topological polar surface area (TPSA) is 83.5 Å². The van der Waals surface area contributed by atoms with Crippen molar-refractivity contribution in [2.45, 2.75) is 38.7 Å². The Morgan fingerprint density at radius 3 is 2.65 bits per heavy atom. The van der Waals surface area contributed by atoms with Crippen molar-refractivity contribution in [1.29, 1.82) is 0 Å². The van der Waals surface area contributed by atoms with Crippen molar-refractivity contribution >= 4 is 29.9 Å². The van der Waals surface area contributed by atoms with Crippen LogP contribution >= 0.6 is 24.0 Å². The van der Waals surface area contributed by atoms with E-state index in [0.29, 0.717) is 31.9 Å². The first kappa shape index (κ1) is 19.1. The Balaban J connectivity index is 0.00000361. The lowest BCUT2D eigenvalue weighted by Crippen LogP contribution is -2.37. The number of halogens is 1. The number of nitrogens with one attached hydrogen (secondary N) is 1. The number of nitrogens with two attached hydrogens (primary N) is 1. The van der Waals surface area contributed by atoms with Crippen LogP contribution in [0.3, 0.4) is 0 Å². The Hall–Kier alpha value is -0.890. The second-order valence-corrected chi connectivity index (χ2v) is 4.63. The van der Waals surface area contributed by atoms with Gasteiger partial charge in [0.25, 0.3) is 0 Å². The fourth-order valence-electron chi connectivity index (χ4n) is 1.63. The quantitative estimate of drug-likeness (QED) is 0.375. The van der Waals surface area contributed by atoms with Gasteiger partial charge in [0.1, 0.15) is 0 Å². The van der Waals surface area contributed by atoms with Crippen LogP contribution in [-0.2, 0) is 6.42 Å². The van der Waals surface area contributed by atoms with Crippen LogP contribution in [0.2, 0.25) is 0 Å². The van der Waals surface area contributed by atoms with Gasteiger partial charge in [-0.2, -0.15) is 0 Å². The van der Waals surface area contributed by atoms with E-state index in [1.54, 1.807) is 6.20 Å². The number of hydrogen-bond acceptors (Lipinski definition) is 3. The SMILES string of the molecule is CCC(O)(CC)CN=C(N)NCCc1ccccn1.I. The first-order valence-electron chi connectivity index (χ1n) is 6.75. The van der Waals surface area contributed by atoms with Gasteiger partial charge in [-0.1, -0.05) is 19.9 Å². The Bertz CT molecular complexity index is 393. The summed E-state index contributed by atoms with van der Waals surface area (Å²) in [6.45, 7) is 4.92. The molecule has 0 saturated heterocycles. The van der Waals surface area contributed by atoms with Gasteiger partial charge in [-0.15, -0.1) is 24.0 Å². The van der Waals surface area contributed by atoms with E-state index in [1.165, 1.54) is 0 Å². The molecule has 6 heteroatoms. The van der Waals surface area contributed by atoms with Crippen LogP contribution in [0.4, 0.5) is 0 Å². The summed E-state index contributed by atoms with van der Waals surface area (Å²) < 4.78 is 0. The van der Waals surface area contributed by atoms with Crippen molar-refractivity contribution in [1.82, 2.24) is 10.3 Å². The smallest absolute Gasteiger partial charge is 0.188 e. The lowest BCUT2D eigenvalue weighted by molar-refractivity contribution is 0.0418. The maximum atomic E-state index is 10.1. The van der Waals surface area contributed by atoms with Crippen LogP contribution in [0.15, 0.2) is 29.4 Å². The van der Waals surface area contributed by atoms with E-state index in [0.717, 1.165) is 12.1 Å². The Morgan fingerprint density at radius 1 is 1.40 bits per heavy atom. The molecular weight excluding hydrogens is 367 g/mol. The maximum absolute atomic E-state index is 10.1. The van der Waals surface area contributed by atoms with Gasteiger partial charge in [-0.25, -0.2) is 0 Å². The molecule has 4 N–H and O–H groups in total. The molecule has 0 aliphatic rings. The van der Waals surface area contributed by atoms with Gasteiger partial charge in [0.05, 0.1) is 12.1 Å². The number of pyridine rings is 1. The lowest BCUT2D eigenvalue weighted by Gasteiger charge is -2.22. The normalized spacial score (nSPS) is 11.8. The third-order valence-corrected chi connectivity index (χ3v) is 3.27. The first-order valence-corrected chi connectivity index (χ1v) is 6.75. The number of hydrogen-bond donors (Lipinski definition) is 3. The summed E-state index contributed by atoms with van der Waals surface area (Å²) in [6, 6.07) is 5.83. The van der Waals surface area contributed by atoms with Crippen molar-refractivity contribution in [3.8, 4) is 0 Å². The van der Waals surface area contributed by atoms with Crippen LogP contribution in [0, 0.1) is 0 Å². The molecule has 114 valence electrons. The van der Waals surface area contributed by atoms with E-state index >= 15 is 0 Å². The van der Waals surface area contributed by atoms with Crippen molar-refractivity contribution in [2.75, 3.05) is 13.1 Å². The van der Waals surface area contributed by atoms with Gasteiger partial charge in [0.2, 0.25) is 0 Å². The molecule has 0 bridgehead atoms. The van der Waals surface area contributed by atoms with E-state index < -0.39 is 5.60 Å². The summed E-state index contributed by atoms with van der Waals surface area (Å²) in [5.41, 5.74) is 6.03. The Morgan fingerprint density at radius 2 is 2.10 bits per heavy atom. The summed E-state index contributed by atoms with van der Waals surface area (Å²) >= 11 is 0. The molecule has 0 saturated carbocycles. The lowest BCUT2D eigenvalue weighted by atomic mass is 9.98. The van der Waals surface area contributed by atoms with Crippen molar-refractivity contribution < 1.29 is 5.11 Å². The monoisotopic (exact) mass is 392 g/mol. The van der Waals surface area contributed by atoms with Crippen molar-refractivity contribution in [2.24, 2.45) is 10.7 Å². The van der Waals surface area contributed by atoms with Gasteiger partial charge in [0.15, 0.2) is 5.96 Å². The number of aliphatic imine (C=N–C) groups is 1. The largest absolute Gasteiger partial charge is 0.388 e. The van der Waals surface area contributed by atoms with Gasteiger partial charge < -0.3 is 16.2 Å². The molecule has 1 aromatic heterocycles. The predicted molar refractivity (Wildman–Crippen MR) is 93.4 cm³/mol. The molecule has 20 heavy (non-hydrogen) atoms. The predicted octanol–water partition coefficient (Wildman–Crippen LogP) is 1.70. The van der Waals surface area contributed by atoms with Crippen LogP contribution in [0.1, 0.15) is 32.4 Å². The maximum Gasteiger partial charge on any atom is 0.188 e. The molecule has 0 aromatic carbocycles. The van der Waals surface area contributed by atoms with E-state index in [1.807, 2.05) is 32.0 Å². The molecule has 5 nitrogen and oxygen atoms in total. The zero-order valence-corrected chi connectivity index (χ0v) is 14.5. The molecule has 0 spiro atoms. The number of nitrogens with zero attached hydrogens (tertiary/aromatic N) is 2. The summed E-state index contributed by atoms with van der Waals surface area (Å²) in [6.07, 6.45) is 3.92. The van der Waals surface area contributed by atoms with E-state index in [2.05, 4.69) is 15.3 Å². The molecule has 0 atom stereocenters. The minimum absolute atomic E-state index is 0. The Labute approximate surface area is 138 Å². The fourth-order valence-corrected chi connectivity index (χ4v) is 1.63. The average molecular weight is 392 g/mol. The number of rotatable bonds is 7. The molecule has 1 heterocycles. The van der Waals surface area contributed by atoms with Crippen LogP contribution in [0.5, 0.6) is 0 Å². The van der Waals surface area contributed by atoms with Crippen LogP contribution in [-0.4, -0.2) is 34.7 Å². The van der Waals surface area contributed by atoms with E-state index in [9.17, 15) is 5.11 Å². The summed E-state index contributed by atoms with van der Waals surface area (Å²) in [5, 5.41) is 13.1. The van der Waals surface area contributed by atoms with Crippen molar-refractivity contribution in [3.63, 3.8) is 0 Å². The van der Waals surface area contributed by atoms with E-state index in [4.69, 9.17) is 5.73 Å².